The maximum absolute atomic E-state index is 13.9. The maximum atomic E-state index is 13.9. The Bertz CT molecular complexity index is 1270. The third-order valence-electron chi connectivity index (χ3n) is 5.34. The fourth-order valence-electron chi connectivity index (χ4n) is 3.59. The molecule has 0 unspecified atom stereocenters. The van der Waals surface area contributed by atoms with Gasteiger partial charge in [-0.2, -0.15) is 32.3 Å². The largest absolute Gasteiger partial charge is 0.420 e. The summed E-state index contributed by atoms with van der Waals surface area (Å²) in [5.41, 5.74) is -2.97. The van der Waals surface area contributed by atoms with Crippen LogP contribution < -0.4 is 0 Å². The van der Waals surface area contributed by atoms with Crippen molar-refractivity contribution in [2.24, 2.45) is 7.05 Å². The molecule has 0 radical (unpaired) electrons. The molecule has 0 spiro atoms. The molecule has 0 saturated heterocycles. The zero-order valence-corrected chi connectivity index (χ0v) is 19.3. The second-order valence-corrected chi connectivity index (χ2v) is 9.86. The van der Waals surface area contributed by atoms with E-state index in [-0.39, 0.29) is 28.0 Å². The van der Waals surface area contributed by atoms with Gasteiger partial charge >= 0.3 is 6.18 Å². The highest BCUT2D eigenvalue weighted by atomic mass is 32.1. The highest BCUT2D eigenvalue weighted by Gasteiger charge is 2.46. The topological polar surface area (TPSA) is 61.9 Å². The summed E-state index contributed by atoms with van der Waals surface area (Å²) in [7, 11) is 2.85. The molecule has 3 heterocycles. The Labute approximate surface area is 193 Å². The van der Waals surface area contributed by atoms with E-state index in [0.29, 0.717) is 16.7 Å². The Morgan fingerprint density at radius 2 is 1.91 bits per heavy atom. The van der Waals surface area contributed by atoms with Gasteiger partial charge in [0.15, 0.2) is 0 Å². The quantitative estimate of drug-likeness (QED) is 0.397. The average Bonchev–Trinajstić information content (AvgIpc) is 3.13. The molecule has 174 valence electrons. The first-order valence-electron chi connectivity index (χ1n) is 9.75. The second-order valence-electron chi connectivity index (χ2n) is 7.89. The van der Waals surface area contributed by atoms with Crippen molar-refractivity contribution in [3.63, 3.8) is 0 Å². The van der Waals surface area contributed by atoms with Crippen LogP contribution in [0.1, 0.15) is 46.3 Å². The van der Waals surface area contributed by atoms with Gasteiger partial charge in [0.2, 0.25) is 0 Å². The molecule has 12 heteroatoms. The predicted octanol–water partition coefficient (Wildman–Crippen LogP) is 6.11. The molecule has 1 aliphatic carbocycles. The predicted molar refractivity (Wildman–Crippen MR) is 114 cm³/mol. The number of aromatic nitrogens is 2. The van der Waals surface area contributed by atoms with E-state index in [2.05, 4.69) is 5.10 Å². The molecular formula is C21H17F5N4OS2. The highest BCUT2D eigenvalue weighted by Crippen LogP contribution is 2.46. The summed E-state index contributed by atoms with van der Waals surface area (Å²) in [6, 6.07) is 5.14. The van der Waals surface area contributed by atoms with Crippen LogP contribution in [-0.2, 0) is 19.1 Å². The van der Waals surface area contributed by atoms with Crippen LogP contribution in [0.4, 0.5) is 22.0 Å². The Balaban J connectivity index is 1.77. The van der Waals surface area contributed by atoms with Gasteiger partial charge in [0, 0.05) is 47.8 Å². The summed E-state index contributed by atoms with van der Waals surface area (Å²) in [5.74, 6) is -4.06. The second kappa shape index (κ2) is 7.92. The van der Waals surface area contributed by atoms with Crippen LogP contribution in [0.2, 0.25) is 0 Å². The zero-order valence-electron chi connectivity index (χ0n) is 17.6. The van der Waals surface area contributed by atoms with Crippen LogP contribution in [0.3, 0.4) is 0 Å². The lowest BCUT2D eigenvalue weighted by atomic mass is 10.0. The first-order chi connectivity index (χ1) is 15.3. The third kappa shape index (κ3) is 4.27. The lowest BCUT2D eigenvalue weighted by Crippen LogP contribution is -2.28. The van der Waals surface area contributed by atoms with E-state index in [1.165, 1.54) is 18.5 Å². The summed E-state index contributed by atoms with van der Waals surface area (Å²) in [6.45, 7) is 0.375. The SMILES string of the molecule is CN(C(=O)c1cc(-c2cc(-c3c(C(F)(F)F)c(C(C)(F)F)nn3C)cs2)sc1C#N)C1CC1. The number of carbonyl (C=O) groups is 1. The fourth-order valence-corrected chi connectivity index (χ4v) is 5.52. The monoisotopic (exact) mass is 500 g/mol. The zero-order chi connectivity index (χ0) is 24.3. The van der Waals surface area contributed by atoms with Crippen molar-refractivity contribution < 1.29 is 26.7 Å². The molecule has 0 bridgehead atoms. The summed E-state index contributed by atoms with van der Waals surface area (Å²) in [6.07, 6.45) is -3.23. The van der Waals surface area contributed by atoms with E-state index < -0.39 is 29.1 Å². The van der Waals surface area contributed by atoms with Crippen LogP contribution in [-0.4, -0.2) is 33.7 Å². The van der Waals surface area contributed by atoms with Crippen molar-refractivity contribution in [2.75, 3.05) is 7.05 Å². The molecule has 33 heavy (non-hydrogen) atoms. The summed E-state index contributed by atoms with van der Waals surface area (Å²) in [5, 5.41) is 14.4. The number of halogens is 5. The molecule has 1 fully saturated rings. The Morgan fingerprint density at radius 3 is 2.45 bits per heavy atom. The van der Waals surface area contributed by atoms with Crippen LogP contribution >= 0.6 is 22.7 Å². The van der Waals surface area contributed by atoms with E-state index in [0.717, 1.165) is 40.2 Å². The van der Waals surface area contributed by atoms with E-state index >= 15 is 0 Å². The van der Waals surface area contributed by atoms with Crippen LogP contribution in [0.25, 0.3) is 21.0 Å². The molecule has 0 aliphatic heterocycles. The van der Waals surface area contributed by atoms with Crippen LogP contribution in [0.15, 0.2) is 17.5 Å². The average molecular weight is 501 g/mol. The standard InChI is InChI=1S/C21H17F5N4OS2/c1-20(22,23)18-16(21(24,25)26)17(30(3)28-18)10-6-13(32-9-10)14-7-12(15(8-27)33-14)19(31)29(2)11-4-5-11/h6-7,9,11H,4-5H2,1-3H3. The van der Waals surface area contributed by atoms with Crippen molar-refractivity contribution in [3.05, 3.63) is 39.2 Å². The molecular weight excluding hydrogens is 483 g/mol. The summed E-state index contributed by atoms with van der Waals surface area (Å²) in [4.78, 5) is 15.6. The molecule has 3 aromatic heterocycles. The Hall–Kier alpha value is -2.78. The van der Waals surface area contributed by atoms with Gasteiger partial charge in [-0.15, -0.1) is 22.7 Å². The van der Waals surface area contributed by atoms with Gasteiger partial charge in [-0.1, -0.05) is 0 Å². The number of rotatable bonds is 5. The van der Waals surface area contributed by atoms with Crippen molar-refractivity contribution in [1.29, 1.82) is 5.26 Å². The number of alkyl halides is 5. The number of aryl methyl sites for hydroxylation is 1. The minimum atomic E-state index is -5.04. The minimum absolute atomic E-state index is 0.0720. The number of nitrogens with zero attached hydrogens (tertiary/aromatic N) is 4. The van der Waals surface area contributed by atoms with Crippen molar-refractivity contribution >= 4 is 28.6 Å². The van der Waals surface area contributed by atoms with Crippen molar-refractivity contribution in [1.82, 2.24) is 14.7 Å². The van der Waals surface area contributed by atoms with Gasteiger partial charge in [0.1, 0.15) is 22.2 Å². The number of carbonyl (C=O) groups excluding carboxylic acids is 1. The summed E-state index contributed by atoms with van der Waals surface area (Å²) >= 11 is 2.15. The molecule has 1 amide bonds. The van der Waals surface area contributed by atoms with Gasteiger partial charge < -0.3 is 4.90 Å². The van der Waals surface area contributed by atoms with E-state index in [9.17, 15) is 32.0 Å². The smallest absolute Gasteiger partial charge is 0.339 e. The molecule has 0 aromatic carbocycles. The fraction of sp³-hybridized carbons (Fsp3) is 0.381. The number of nitriles is 1. The van der Waals surface area contributed by atoms with Crippen molar-refractivity contribution in [3.8, 4) is 27.1 Å². The normalized spacial score (nSPS) is 14.4. The molecule has 5 nitrogen and oxygen atoms in total. The summed E-state index contributed by atoms with van der Waals surface area (Å²) < 4.78 is 69.8. The van der Waals surface area contributed by atoms with Gasteiger partial charge in [-0.25, -0.2) is 0 Å². The van der Waals surface area contributed by atoms with Crippen LogP contribution in [0, 0.1) is 11.3 Å². The van der Waals surface area contributed by atoms with Gasteiger partial charge in [-0.05, 0) is 25.0 Å². The molecule has 4 rings (SSSR count). The number of amides is 1. The number of thiophene rings is 2. The molecule has 3 aromatic rings. The molecule has 0 N–H and O–H groups in total. The van der Waals surface area contributed by atoms with Gasteiger partial charge in [0.25, 0.3) is 11.8 Å². The molecule has 1 saturated carbocycles. The number of hydrogen-bond donors (Lipinski definition) is 0. The first-order valence-corrected chi connectivity index (χ1v) is 11.5. The molecule has 1 aliphatic rings. The Kier molecular flexibility index (Phi) is 5.61. The number of hydrogen-bond acceptors (Lipinski definition) is 5. The lowest BCUT2D eigenvalue weighted by Gasteiger charge is -2.15. The highest BCUT2D eigenvalue weighted by molar-refractivity contribution is 7.22. The first kappa shape index (κ1) is 23.4. The minimum Gasteiger partial charge on any atom is -0.339 e. The lowest BCUT2D eigenvalue weighted by molar-refractivity contribution is -0.141. The van der Waals surface area contributed by atoms with Crippen LogP contribution in [0.5, 0.6) is 0 Å². The van der Waals surface area contributed by atoms with E-state index in [1.54, 1.807) is 18.0 Å². The Morgan fingerprint density at radius 1 is 1.24 bits per heavy atom. The van der Waals surface area contributed by atoms with E-state index in [4.69, 9.17) is 0 Å². The van der Waals surface area contributed by atoms with Gasteiger partial charge in [-0.3, -0.25) is 9.48 Å². The van der Waals surface area contributed by atoms with E-state index in [1.807, 2.05) is 6.07 Å². The third-order valence-corrected chi connectivity index (χ3v) is 7.51. The maximum Gasteiger partial charge on any atom is 0.420 e. The molecule has 0 atom stereocenters. The van der Waals surface area contributed by atoms with Crippen molar-refractivity contribution in [2.45, 2.75) is 37.9 Å². The van der Waals surface area contributed by atoms with Gasteiger partial charge in [0.05, 0.1) is 11.3 Å².